The highest BCUT2D eigenvalue weighted by Crippen LogP contribution is 2.11. The predicted octanol–water partition coefficient (Wildman–Crippen LogP) is 2.13. The van der Waals surface area contributed by atoms with Gasteiger partial charge in [0, 0.05) is 13.2 Å². The molecule has 1 aromatic rings. The van der Waals surface area contributed by atoms with Crippen molar-refractivity contribution in [1.29, 1.82) is 0 Å². The molecule has 4 heteroatoms. The second kappa shape index (κ2) is 6.55. The minimum absolute atomic E-state index is 0.210. The van der Waals surface area contributed by atoms with Crippen LogP contribution >= 0.6 is 0 Å². The first-order chi connectivity index (χ1) is 7.65. The quantitative estimate of drug-likeness (QED) is 0.807. The SMILES string of the molecule is COCC(C)NCCc1cccc(F)c1F. The van der Waals surface area contributed by atoms with E-state index in [0.29, 0.717) is 25.1 Å². The molecule has 0 amide bonds. The second-order valence-corrected chi connectivity index (χ2v) is 3.77. The molecule has 0 aliphatic heterocycles. The Labute approximate surface area is 94.6 Å². The van der Waals surface area contributed by atoms with Gasteiger partial charge in [-0.1, -0.05) is 12.1 Å². The van der Waals surface area contributed by atoms with E-state index in [9.17, 15) is 8.78 Å². The standard InChI is InChI=1S/C12H17F2NO/c1-9(8-16-2)15-7-6-10-4-3-5-11(13)12(10)14/h3-5,9,15H,6-8H2,1-2H3. The van der Waals surface area contributed by atoms with Gasteiger partial charge in [-0.25, -0.2) is 8.78 Å². The third-order valence-corrected chi connectivity index (χ3v) is 2.34. The van der Waals surface area contributed by atoms with Crippen LogP contribution in [0, 0.1) is 11.6 Å². The lowest BCUT2D eigenvalue weighted by molar-refractivity contribution is 0.172. The first-order valence-corrected chi connectivity index (χ1v) is 5.30. The van der Waals surface area contributed by atoms with Gasteiger partial charge in [-0.15, -0.1) is 0 Å². The Morgan fingerprint density at radius 1 is 1.38 bits per heavy atom. The molecule has 0 fully saturated rings. The maximum atomic E-state index is 13.2. The van der Waals surface area contributed by atoms with Gasteiger partial charge < -0.3 is 10.1 Å². The highest BCUT2D eigenvalue weighted by atomic mass is 19.2. The van der Waals surface area contributed by atoms with Crippen LogP contribution in [-0.2, 0) is 11.2 Å². The van der Waals surface area contributed by atoms with Crippen molar-refractivity contribution in [3.63, 3.8) is 0 Å². The Morgan fingerprint density at radius 2 is 2.12 bits per heavy atom. The largest absolute Gasteiger partial charge is 0.383 e. The zero-order valence-corrected chi connectivity index (χ0v) is 9.59. The Kier molecular flexibility index (Phi) is 5.35. The van der Waals surface area contributed by atoms with Crippen molar-refractivity contribution in [2.24, 2.45) is 0 Å². The molecule has 0 aliphatic rings. The van der Waals surface area contributed by atoms with E-state index in [-0.39, 0.29) is 6.04 Å². The summed E-state index contributed by atoms with van der Waals surface area (Å²) in [5.41, 5.74) is 0.400. The summed E-state index contributed by atoms with van der Waals surface area (Å²) in [7, 11) is 1.63. The average molecular weight is 229 g/mol. The van der Waals surface area contributed by atoms with Crippen LogP contribution in [0.1, 0.15) is 12.5 Å². The zero-order chi connectivity index (χ0) is 12.0. The average Bonchev–Trinajstić information content (AvgIpc) is 2.25. The van der Waals surface area contributed by atoms with Gasteiger partial charge in [-0.3, -0.25) is 0 Å². The van der Waals surface area contributed by atoms with Crippen LogP contribution in [0.2, 0.25) is 0 Å². The number of benzene rings is 1. The van der Waals surface area contributed by atoms with Crippen molar-refractivity contribution in [2.75, 3.05) is 20.3 Å². The summed E-state index contributed by atoms with van der Waals surface area (Å²) in [5, 5.41) is 3.16. The maximum absolute atomic E-state index is 13.2. The minimum atomic E-state index is -0.789. The highest BCUT2D eigenvalue weighted by molar-refractivity contribution is 5.19. The van der Waals surface area contributed by atoms with Crippen LogP contribution in [0.5, 0.6) is 0 Å². The van der Waals surface area contributed by atoms with Gasteiger partial charge in [0.25, 0.3) is 0 Å². The van der Waals surface area contributed by atoms with Crippen LogP contribution in [-0.4, -0.2) is 26.3 Å². The second-order valence-electron chi connectivity index (χ2n) is 3.77. The summed E-state index contributed by atoms with van der Waals surface area (Å²) in [5.74, 6) is -1.54. The molecule has 2 nitrogen and oxygen atoms in total. The van der Waals surface area contributed by atoms with Gasteiger partial charge >= 0.3 is 0 Å². The van der Waals surface area contributed by atoms with Crippen molar-refractivity contribution < 1.29 is 13.5 Å². The summed E-state index contributed by atoms with van der Waals surface area (Å²) < 4.78 is 31.1. The summed E-state index contributed by atoms with van der Waals surface area (Å²) in [6, 6.07) is 4.45. The number of halogens is 2. The van der Waals surface area contributed by atoms with Crippen LogP contribution in [0.3, 0.4) is 0 Å². The van der Waals surface area contributed by atoms with Crippen molar-refractivity contribution in [1.82, 2.24) is 5.32 Å². The molecule has 0 aromatic heterocycles. The van der Waals surface area contributed by atoms with Crippen molar-refractivity contribution >= 4 is 0 Å². The van der Waals surface area contributed by atoms with Crippen LogP contribution in [0.4, 0.5) is 8.78 Å². The molecule has 0 bridgehead atoms. The smallest absolute Gasteiger partial charge is 0.162 e. The lowest BCUT2D eigenvalue weighted by Crippen LogP contribution is -2.31. The summed E-state index contributed by atoms with van der Waals surface area (Å²) in [6.07, 6.45) is 0.470. The maximum Gasteiger partial charge on any atom is 0.162 e. The molecule has 16 heavy (non-hydrogen) atoms. The fraction of sp³-hybridized carbons (Fsp3) is 0.500. The lowest BCUT2D eigenvalue weighted by Gasteiger charge is -2.12. The van der Waals surface area contributed by atoms with E-state index < -0.39 is 11.6 Å². The Bertz CT molecular complexity index is 331. The molecule has 0 aliphatic carbocycles. The number of rotatable bonds is 6. The molecule has 0 radical (unpaired) electrons. The molecular formula is C12H17F2NO. The molecule has 1 N–H and O–H groups in total. The van der Waals surface area contributed by atoms with E-state index in [2.05, 4.69) is 5.32 Å². The van der Waals surface area contributed by atoms with Gasteiger partial charge in [0.1, 0.15) is 0 Å². The summed E-state index contributed by atoms with van der Waals surface area (Å²) in [4.78, 5) is 0. The predicted molar refractivity (Wildman–Crippen MR) is 59.4 cm³/mol. The monoisotopic (exact) mass is 229 g/mol. The van der Waals surface area contributed by atoms with Crippen molar-refractivity contribution in [3.05, 3.63) is 35.4 Å². The van der Waals surface area contributed by atoms with E-state index >= 15 is 0 Å². The molecule has 1 atom stereocenters. The number of ether oxygens (including phenoxy) is 1. The molecule has 1 rings (SSSR count). The summed E-state index contributed by atoms with van der Waals surface area (Å²) in [6.45, 7) is 3.18. The number of hydrogen-bond donors (Lipinski definition) is 1. The molecule has 1 unspecified atom stereocenters. The molecular weight excluding hydrogens is 212 g/mol. The van der Waals surface area contributed by atoms with E-state index in [1.807, 2.05) is 6.92 Å². The molecule has 0 saturated carbocycles. The third-order valence-electron chi connectivity index (χ3n) is 2.34. The third kappa shape index (κ3) is 3.87. The Hall–Kier alpha value is -1.00. The fourth-order valence-corrected chi connectivity index (χ4v) is 1.50. The zero-order valence-electron chi connectivity index (χ0n) is 9.59. The molecule has 1 aromatic carbocycles. The first-order valence-electron chi connectivity index (χ1n) is 5.30. The minimum Gasteiger partial charge on any atom is -0.383 e. The van der Waals surface area contributed by atoms with E-state index in [1.165, 1.54) is 6.07 Å². The Balaban J connectivity index is 2.40. The van der Waals surface area contributed by atoms with Crippen LogP contribution < -0.4 is 5.32 Å². The van der Waals surface area contributed by atoms with Gasteiger partial charge in [0.2, 0.25) is 0 Å². The highest BCUT2D eigenvalue weighted by Gasteiger charge is 2.07. The van der Waals surface area contributed by atoms with E-state index in [0.717, 1.165) is 6.07 Å². The van der Waals surface area contributed by atoms with E-state index in [1.54, 1.807) is 13.2 Å². The Morgan fingerprint density at radius 3 is 2.81 bits per heavy atom. The van der Waals surface area contributed by atoms with Gasteiger partial charge in [0.05, 0.1) is 6.61 Å². The van der Waals surface area contributed by atoms with Crippen molar-refractivity contribution in [2.45, 2.75) is 19.4 Å². The molecule has 0 heterocycles. The lowest BCUT2D eigenvalue weighted by atomic mass is 10.1. The summed E-state index contributed by atoms with van der Waals surface area (Å²) >= 11 is 0. The molecule has 0 saturated heterocycles. The molecule has 90 valence electrons. The first kappa shape index (κ1) is 13.1. The van der Waals surface area contributed by atoms with Crippen LogP contribution in [0.25, 0.3) is 0 Å². The van der Waals surface area contributed by atoms with E-state index in [4.69, 9.17) is 4.74 Å². The normalized spacial score (nSPS) is 12.8. The van der Waals surface area contributed by atoms with Crippen molar-refractivity contribution in [3.8, 4) is 0 Å². The molecule has 0 spiro atoms. The number of hydrogen-bond acceptors (Lipinski definition) is 2. The van der Waals surface area contributed by atoms with Gasteiger partial charge in [-0.2, -0.15) is 0 Å². The number of nitrogens with one attached hydrogen (secondary N) is 1. The van der Waals surface area contributed by atoms with Crippen LogP contribution in [0.15, 0.2) is 18.2 Å². The number of methoxy groups -OCH3 is 1. The van der Waals surface area contributed by atoms with Gasteiger partial charge in [0.15, 0.2) is 11.6 Å². The van der Waals surface area contributed by atoms with Gasteiger partial charge in [-0.05, 0) is 31.5 Å². The fourth-order valence-electron chi connectivity index (χ4n) is 1.50. The topological polar surface area (TPSA) is 21.3 Å².